The second-order valence-corrected chi connectivity index (χ2v) is 5.49. The summed E-state index contributed by atoms with van der Waals surface area (Å²) in [5.41, 5.74) is 0.790. The smallest absolute Gasteiger partial charge is 0.342 e. The number of anilines is 1. The molecule has 0 aliphatic heterocycles. The Morgan fingerprint density at radius 2 is 1.83 bits per heavy atom. The first-order valence-corrected chi connectivity index (χ1v) is 7.71. The Bertz CT molecular complexity index is 769. The van der Waals surface area contributed by atoms with E-state index in [-0.39, 0.29) is 30.4 Å². The fourth-order valence-electron chi connectivity index (χ4n) is 1.81. The number of nitrogens with zero attached hydrogens (tertiary/aromatic N) is 1. The number of para-hydroxylation sites is 1. The third-order valence-electron chi connectivity index (χ3n) is 2.86. The number of ether oxygens (including phenoxy) is 2. The number of carbonyl (C=O) groups excluding carboxylic acids is 2. The van der Waals surface area contributed by atoms with Gasteiger partial charge in [0.2, 0.25) is 0 Å². The quantitative estimate of drug-likeness (QED) is 0.767. The molecular weight excluding hydrogens is 376 g/mol. The second kappa shape index (κ2) is 8.70. The number of nitriles is 1. The monoisotopic (exact) mass is 388 g/mol. The van der Waals surface area contributed by atoms with Crippen LogP contribution in [0.25, 0.3) is 0 Å². The van der Waals surface area contributed by atoms with Crippen molar-refractivity contribution in [1.29, 1.82) is 5.26 Å². The number of rotatable bonds is 6. The van der Waals surface area contributed by atoms with E-state index in [1.165, 1.54) is 6.07 Å². The minimum Gasteiger partial charge on any atom is -0.483 e. The lowest BCUT2D eigenvalue weighted by Gasteiger charge is -2.10. The first-order chi connectivity index (χ1) is 11.6. The molecule has 1 N–H and O–H groups in total. The van der Waals surface area contributed by atoms with E-state index in [1.54, 1.807) is 48.5 Å². The molecule has 0 saturated heterocycles. The number of hydrogen-bond donors (Lipinski definition) is 1. The fraction of sp³-hybridized carbons (Fsp3) is 0.118. The maximum Gasteiger partial charge on any atom is 0.342 e. The summed E-state index contributed by atoms with van der Waals surface area (Å²) in [5, 5.41) is 11.1. The van der Waals surface area contributed by atoms with Gasteiger partial charge in [-0.2, -0.15) is 5.26 Å². The molecule has 0 unspecified atom stereocenters. The molecule has 0 bridgehead atoms. The summed E-state index contributed by atoms with van der Waals surface area (Å²) < 4.78 is 11.0. The van der Waals surface area contributed by atoms with Gasteiger partial charge in [0.25, 0.3) is 5.91 Å². The number of nitrogens with one attached hydrogen (secondary N) is 1. The second-order valence-electron chi connectivity index (χ2n) is 4.57. The van der Waals surface area contributed by atoms with Gasteiger partial charge in [-0.05, 0) is 36.4 Å². The summed E-state index contributed by atoms with van der Waals surface area (Å²) in [7, 11) is 0. The van der Waals surface area contributed by atoms with Gasteiger partial charge in [-0.3, -0.25) is 4.79 Å². The van der Waals surface area contributed by atoms with Crippen LogP contribution in [-0.4, -0.2) is 25.1 Å². The lowest BCUT2D eigenvalue weighted by Crippen LogP contribution is -2.21. The van der Waals surface area contributed by atoms with Crippen molar-refractivity contribution in [2.75, 3.05) is 18.5 Å². The maximum atomic E-state index is 11.9. The molecule has 0 fully saturated rings. The summed E-state index contributed by atoms with van der Waals surface area (Å²) in [5.74, 6) is -0.829. The van der Waals surface area contributed by atoms with E-state index < -0.39 is 5.97 Å². The van der Waals surface area contributed by atoms with E-state index in [1.807, 2.05) is 0 Å². The fourth-order valence-corrected chi connectivity index (χ4v) is 2.07. The van der Waals surface area contributed by atoms with E-state index in [0.717, 1.165) is 4.47 Å². The van der Waals surface area contributed by atoms with Crippen LogP contribution < -0.4 is 10.1 Å². The average molecular weight is 389 g/mol. The Hall–Kier alpha value is -2.85. The van der Waals surface area contributed by atoms with Crippen molar-refractivity contribution in [3.05, 3.63) is 58.6 Å². The number of carbonyl (C=O) groups is 2. The first-order valence-electron chi connectivity index (χ1n) is 6.91. The zero-order chi connectivity index (χ0) is 17.4. The number of amides is 1. The average Bonchev–Trinajstić information content (AvgIpc) is 2.60. The van der Waals surface area contributed by atoms with Crippen LogP contribution >= 0.6 is 15.9 Å². The number of hydrogen-bond acceptors (Lipinski definition) is 5. The Morgan fingerprint density at radius 1 is 1.12 bits per heavy atom. The number of esters is 1. The topological polar surface area (TPSA) is 88.4 Å². The number of halogens is 1. The van der Waals surface area contributed by atoms with Gasteiger partial charge in [-0.15, -0.1) is 0 Å². The molecule has 0 radical (unpaired) electrons. The lowest BCUT2D eigenvalue weighted by molar-refractivity contribution is -0.118. The molecule has 1 amide bonds. The molecule has 0 aliphatic rings. The zero-order valence-electron chi connectivity index (χ0n) is 12.5. The summed E-state index contributed by atoms with van der Waals surface area (Å²) in [4.78, 5) is 23.8. The molecule has 2 rings (SSSR count). The van der Waals surface area contributed by atoms with Gasteiger partial charge in [-0.1, -0.05) is 28.1 Å². The minimum absolute atomic E-state index is 0.157. The molecule has 0 heterocycles. The highest BCUT2D eigenvalue weighted by Crippen LogP contribution is 2.19. The predicted octanol–water partition coefficient (Wildman–Crippen LogP) is 3.15. The lowest BCUT2D eigenvalue weighted by atomic mass is 10.2. The highest BCUT2D eigenvalue weighted by atomic mass is 79.9. The van der Waals surface area contributed by atoms with E-state index >= 15 is 0 Å². The Labute approximate surface area is 147 Å². The van der Waals surface area contributed by atoms with Gasteiger partial charge in [0.1, 0.15) is 17.4 Å². The van der Waals surface area contributed by atoms with Crippen molar-refractivity contribution in [3.63, 3.8) is 0 Å². The molecule has 0 aromatic heterocycles. The highest BCUT2D eigenvalue weighted by Gasteiger charge is 2.14. The van der Waals surface area contributed by atoms with E-state index in [4.69, 9.17) is 14.7 Å². The van der Waals surface area contributed by atoms with E-state index in [0.29, 0.717) is 5.69 Å². The maximum absolute atomic E-state index is 11.9. The van der Waals surface area contributed by atoms with Crippen LogP contribution in [0.2, 0.25) is 0 Å². The molecule has 122 valence electrons. The van der Waals surface area contributed by atoms with Crippen LogP contribution in [0.4, 0.5) is 5.69 Å². The van der Waals surface area contributed by atoms with Gasteiger partial charge < -0.3 is 14.8 Å². The van der Waals surface area contributed by atoms with Crippen LogP contribution in [0.3, 0.4) is 0 Å². The zero-order valence-corrected chi connectivity index (χ0v) is 14.1. The van der Waals surface area contributed by atoms with Crippen LogP contribution in [0.1, 0.15) is 10.4 Å². The van der Waals surface area contributed by atoms with Crippen molar-refractivity contribution in [3.8, 4) is 11.8 Å². The Balaban J connectivity index is 1.96. The van der Waals surface area contributed by atoms with Gasteiger partial charge in [-0.25, -0.2) is 4.79 Å². The Kier molecular flexibility index (Phi) is 6.34. The van der Waals surface area contributed by atoms with Gasteiger partial charge in [0.15, 0.2) is 13.2 Å². The molecule has 0 spiro atoms. The van der Waals surface area contributed by atoms with Crippen molar-refractivity contribution >= 4 is 33.5 Å². The number of benzene rings is 2. The molecule has 6 nitrogen and oxygen atoms in total. The van der Waals surface area contributed by atoms with Gasteiger partial charge in [0, 0.05) is 10.2 Å². The summed E-state index contributed by atoms with van der Waals surface area (Å²) in [6.07, 6.45) is 0. The van der Waals surface area contributed by atoms with Crippen LogP contribution in [0.15, 0.2) is 53.0 Å². The molecule has 7 heteroatoms. The standard InChI is InChI=1S/C17H13BrN2O4/c18-12-5-7-13(8-6-12)20-16(21)11-24-15-4-2-1-3-14(15)17(22)23-10-9-19/h1-8H,10-11H2,(H,20,21). The first kappa shape index (κ1) is 17.5. The molecule has 2 aromatic carbocycles. The Morgan fingerprint density at radius 3 is 2.54 bits per heavy atom. The van der Waals surface area contributed by atoms with Crippen LogP contribution in [0, 0.1) is 11.3 Å². The summed E-state index contributed by atoms with van der Waals surface area (Å²) in [6, 6.07) is 15.2. The molecule has 0 aliphatic carbocycles. The van der Waals surface area contributed by atoms with Crippen LogP contribution in [0.5, 0.6) is 5.75 Å². The normalized spacial score (nSPS) is 9.67. The molecule has 0 atom stereocenters. The van der Waals surface area contributed by atoms with E-state index in [2.05, 4.69) is 21.2 Å². The third kappa shape index (κ3) is 5.11. The van der Waals surface area contributed by atoms with Crippen molar-refractivity contribution in [1.82, 2.24) is 0 Å². The van der Waals surface area contributed by atoms with Crippen molar-refractivity contribution in [2.45, 2.75) is 0 Å². The summed E-state index contributed by atoms with van der Waals surface area (Å²) >= 11 is 3.31. The molecule has 2 aromatic rings. The van der Waals surface area contributed by atoms with Gasteiger partial charge in [0.05, 0.1) is 0 Å². The van der Waals surface area contributed by atoms with Gasteiger partial charge >= 0.3 is 5.97 Å². The SMILES string of the molecule is N#CCOC(=O)c1ccccc1OCC(=O)Nc1ccc(Br)cc1. The minimum atomic E-state index is -0.680. The van der Waals surface area contributed by atoms with Crippen molar-refractivity contribution < 1.29 is 19.1 Å². The molecule has 24 heavy (non-hydrogen) atoms. The largest absolute Gasteiger partial charge is 0.483 e. The molecular formula is C17H13BrN2O4. The molecule has 0 saturated carbocycles. The third-order valence-corrected chi connectivity index (χ3v) is 3.39. The predicted molar refractivity (Wildman–Crippen MR) is 90.6 cm³/mol. The van der Waals surface area contributed by atoms with Crippen LogP contribution in [-0.2, 0) is 9.53 Å². The van der Waals surface area contributed by atoms with E-state index in [9.17, 15) is 9.59 Å². The van der Waals surface area contributed by atoms with Crippen molar-refractivity contribution in [2.24, 2.45) is 0 Å². The highest BCUT2D eigenvalue weighted by molar-refractivity contribution is 9.10. The summed E-state index contributed by atoms with van der Waals surface area (Å²) in [6.45, 7) is -0.615.